The van der Waals surface area contributed by atoms with Crippen LogP contribution < -0.4 is 20.1 Å². The van der Waals surface area contributed by atoms with Crippen molar-refractivity contribution in [3.05, 3.63) is 84.1 Å². The summed E-state index contributed by atoms with van der Waals surface area (Å²) in [5, 5.41) is 15.4. The zero-order valence-electron chi connectivity index (χ0n) is 19.1. The molecule has 0 saturated carbocycles. The first-order chi connectivity index (χ1) is 17.5. The van der Waals surface area contributed by atoms with Crippen molar-refractivity contribution in [2.45, 2.75) is 0 Å². The van der Waals surface area contributed by atoms with Crippen LogP contribution in [0.25, 0.3) is 15.7 Å². The van der Waals surface area contributed by atoms with E-state index in [4.69, 9.17) is 20.8 Å². The van der Waals surface area contributed by atoms with Gasteiger partial charge in [0.1, 0.15) is 35.4 Å². The molecule has 3 aromatic carbocycles. The van der Waals surface area contributed by atoms with Gasteiger partial charge in [-0.3, -0.25) is 4.98 Å². The molecule has 0 bridgehead atoms. The first-order valence-electron chi connectivity index (χ1n) is 10.7. The van der Waals surface area contributed by atoms with Crippen molar-refractivity contribution in [1.29, 1.82) is 0 Å². The summed E-state index contributed by atoms with van der Waals surface area (Å²) in [6, 6.07) is 14.3. The van der Waals surface area contributed by atoms with Gasteiger partial charge in [0.2, 0.25) is 5.69 Å². The number of methoxy groups -OCH3 is 1. The Bertz CT molecular complexity index is 1440. The van der Waals surface area contributed by atoms with Crippen LogP contribution in [0.5, 0.6) is 23.0 Å². The number of phenols is 1. The van der Waals surface area contributed by atoms with E-state index in [-0.39, 0.29) is 11.4 Å². The lowest BCUT2D eigenvalue weighted by atomic mass is 10.1. The van der Waals surface area contributed by atoms with Crippen molar-refractivity contribution in [1.82, 2.24) is 4.98 Å². The second-order valence-corrected chi connectivity index (χ2v) is 7.47. The lowest BCUT2D eigenvalue weighted by Gasteiger charge is -2.13. The Morgan fingerprint density at radius 1 is 1.06 bits per heavy atom. The van der Waals surface area contributed by atoms with Gasteiger partial charge in [-0.1, -0.05) is 0 Å². The molecular weight excluding hydrogens is 467 g/mol. The maximum atomic E-state index is 13.1. The number of ether oxygens (including phenoxy) is 3. The summed E-state index contributed by atoms with van der Waals surface area (Å²) >= 11 is 0. The summed E-state index contributed by atoms with van der Waals surface area (Å²) in [6.45, 7) is 8.19. The third kappa shape index (κ3) is 5.78. The van der Waals surface area contributed by atoms with Crippen molar-refractivity contribution in [3.8, 4) is 23.0 Å². The molecule has 2 amide bonds. The van der Waals surface area contributed by atoms with Gasteiger partial charge in [0.15, 0.2) is 0 Å². The Balaban J connectivity index is 1.46. The SMILES string of the molecule is [C-]#[N+]c1cc2c(Oc3ccc(NC(=O)Nc4ccc(F)cc4O)cc3)ccnc2cc1OCCOC. The number of benzene rings is 3. The molecule has 4 aromatic rings. The number of carbonyl (C=O) groups is 1. The standard InChI is InChI=1S/C26H21FN4O5/c1-28-22-14-19-21(15-25(22)35-12-11-34-2)29-10-9-24(19)36-18-6-4-17(5-7-18)30-26(33)31-20-8-3-16(27)13-23(20)32/h3-10,13-15,32H,11-12H2,2H3,(H2,30,31,33). The van der Waals surface area contributed by atoms with E-state index in [1.54, 1.807) is 55.8 Å². The van der Waals surface area contributed by atoms with E-state index in [2.05, 4.69) is 20.5 Å². The monoisotopic (exact) mass is 488 g/mol. The van der Waals surface area contributed by atoms with E-state index in [1.807, 2.05) is 0 Å². The van der Waals surface area contributed by atoms with Gasteiger partial charge in [-0.15, -0.1) is 0 Å². The minimum absolute atomic E-state index is 0.0736. The number of hydrogen-bond acceptors (Lipinski definition) is 6. The lowest BCUT2D eigenvalue weighted by molar-refractivity contribution is 0.147. The molecule has 0 unspecified atom stereocenters. The van der Waals surface area contributed by atoms with Crippen molar-refractivity contribution in [2.24, 2.45) is 0 Å². The van der Waals surface area contributed by atoms with E-state index < -0.39 is 11.8 Å². The number of phenolic OH excluding ortho intramolecular Hbond substituents is 1. The van der Waals surface area contributed by atoms with Crippen molar-refractivity contribution >= 4 is 34.0 Å². The number of fused-ring (bicyclic) bond motifs is 1. The summed E-state index contributed by atoms with van der Waals surface area (Å²) in [6.07, 6.45) is 1.60. The Hall–Kier alpha value is -4.88. The summed E-state index contributed by atoms with van der Waals surface area (Å²) in [7, 11) is 1.57. The highest BCUT2D eigenvalue weighted by molar-refractivity contribution is 6.00. The Labute approximate surface area is 205 Å². The van der Waals surface area contributed by atoms with Crippen LogP contribution in [0, 0.1) is 12.4 Å². The number of halogens is 1. The summed E-state index contributed by atoms with van der Waals surface area (Å²) < 4.78 is 29.7. The minimum Gasteiger partial charge on any atom is -0.506 e. The smallest absolute Gasteiger partial charge is 0.323 e. The quantitative estimate of drug-likeness (QED) is 0.157. The second-order valence-electron chi connectivity index (χ2n) is 7.47. The molecule has 10 heteroatoms. The van der Waals surface area contributed by atoms with Crippen LogP contribution in [0.4, 0.5) is 26.2 Å². The van der Waals surface area contributed by atoms with Crippen molar-refractivity contribution in [2.75, 3.05) is 31.0 Å². The Morgan fingerprint density at radius 3 is 2.58 bits per heavy atom. The average molecular weight is 488 g/mol. The van der Waals surface area contributed by atoms with Crippen molar-refractivity contribution < 1.29 is 28.5 Å². The maximum absolute atomic E-state index is 13.1. The predicted molar refractivity (Wildman–Crippen MR) is 133 cm³/mol. The molecule has 0 spiro atoms. The molecule has 0 atom stereocenters. The molecule has 0 aliphatic rings. The van der Waals surface area contributed by atoms with Crippen LogP contribution in [-0.4, -0.2) is 36.4 Å². The third-order valence-electron chi connectivity index (χ3n) is 5.00. The molecule has 1 aromatic heterocycles. The normalized spacial score (nSPS) is 10.5. The fraction of sp³-hybridized carbons (Fsp3) is 0.115. The van der Waals surface area contributed by atoms with Crippen LogP contribution in [0.15, 0.2) is 66.9 Å². The molecule has 36 heavy (non-hydrogen) atoms. The number of urea groups is 1. The van der Waals surface area contributed by atoms with E-state index >= 15 is 0 Å². The zero-order valence-corrected chi connectivity index (χ0v) is 19.1. The van der Waals surface area contributed by atoms with Crippen molar-refractivity contribution in [3.63, 3.8) is 0 Å². The number of rotatable bonds is 8. The topological polar surface area (TPSA) is 106 Å². The molecule has 0 saturated heterocycles. The van der Waals surface area contributed by atoms with Gasteiger partial charge in [0.05, 0.1) is 24.4 Å². The van der Waals surface area contributed by atoms with Crippen LogP contribution in [0.2, 0.25) is 0 Å². The van der Waals surface area contributed by atoms with E-state index in [0.29, 0.717) is 52.7 Å². The molecular formula is C26H21FN4O5. The molecule has 182 valence electrons. The highest BCUT2D eigenvalue weighted by Crippen LogP contribution is 2.37. The van der Waals surface area contributed by atoms with Gasteiger partial charge >= 0.3 is 6.03 Å². The highest BCUT2D eigenvalue weighted by Gasteiger charge is 2.12. The van der Waals surface area contributed by atoms with E-state index in [9.17, 15) is 14.3 Å². The summed E-state index contributed by atoms with van der Waals surface area (Å²) in [4.78, 5) is 20.1. The molecule has 0 fully saturated rings. The number of amides is 2. The minimum atomic E-state index is -0.614. The van der Waals surface area contributed by atoms with Gasteiger partial charge in [-0.05, 0) is 54.6 Å². The van der Waals surface area contributed by atoms with Gasteiger partial charge in [0, 0.05) is 30.4 Å². The molecule has 0 aliphatic carbocycles. The Morgan fingerprint density at radius 2 is 1.86 bits per heavy atom. The van der Waals surface area contributed by atoms with Crippen LogP contribution in [0.3, 0.4) is 0 Å². The second kappa shape index (κ2) is 11.0. The summed E-state index contributed by atoms with van der Waals surface area (Å²) in [5.41, 5.74) is 1.47. The number of pyridine rings is 1. The van der Waals surface area contributed by atoms with Gasteiger partial charge in [0.25, 0.3) is 0 Å². The van der Waals surface area contributed by atoms with Gasteiger partial charge in [-0.2, -0.15) is 0 Å². The molecule has 1 heterocycles. The van der Waals surface area contributed by atoms with Crippen LogP contribution in [-0.2, 0) is 4.74 Å². The largest absolute Gasteiger partial charge is 0.506 e. The molecule has 9 nitrogen and oxygen atoms in total. The first-order valence-corrected chi connectivity index (χ1v) is 10.7. The number of aromatic nitrogens is 1. The molecule has 4 rings (SSSR count). The summed E-state index contributed by atoms with van der Waals surface area (Å²) in [5.74, 6) is 0.417. The van der Waals surface area contributed by atoms with Crippen LogP contribution in [0.1, 0.15) is 0 Å². The van der Waals surface area contributed by atoms with E-state index in [0.717, 1.165) is 12.1 Å². The number of anilines is 2. The van der Waals surface area contributed by atoms with Crippen LogP contribution >= 0.6 is 0 Å². The number of carbonyl (C=O) groups excluding carboxylic acids is 1. The Kier molecular flexibility index (Phi) is 7.43. The number of aromatic hydroxyl groups is 1. The number of nitrogens with zero attached hydrogens (tertiary/aromatic N) is 2. The lowest BCUT2D eigenvalue weighted by Crippen LogP contribution is -2.19. The first kappa shape index (κ1) is 24.3. The van der Waals surface area contributed by atoms with Gasteiger partial charge < -0.3 is 30.0 Å². The third-order valence-corrected chi connectivity index (χ3v) is 5.00. The fourth-order valence-corrected chi connectivity index (χ4v) is 3.29. The zero-order chi connectivity index (χ0) is 25.5. The molecule has 0 aliphatic heterocycles. The number of nitrogens with one attached hydrogen (secondary N) is 2. The van der Waals surface area contributed by atoms with E-state index in [1.165, 1.54) is 6.07 Å². The highest BCUT2D eigenvalue weighted by atomic mass is 19.1. The fourth-order valence-electron chi connectivity index (χ4n) is 3.29. The predicted octanol–water partition coefficient (Wildman–Crippen LogP) is 6.09. The molecule has 0 radical (unpaired) electrons. The molecule has 3 N–H and O–H groups in total. The van der Waals surface area contributed by atoms with Gasteiger partial charge in [-0.25, -0.2) is 14.0 Å². The number of hydrogen-bond donors (Lipinski definition) is 3. The maximum Gasteiger partial charge on any atom is 0.323 e. The average Bonchev–Trinajstić information content (AvgIpc) is 2.87.